The lowest BCUT2D eigenvalue weighted by atomic mass is 9.78. The molecule has 29 heavy (non-hydrogen) atoms. The van der Waals surface area contributed by atoms with Gasteiger partial charge in [0.15, 0.2) is 17.4 Å². The van der Waals surface area contributed by atoms with E-state index in [2.05, 4.69) is 6.58 Å². The Morgan fingerprint density at radius 2 is 1.62 bits per heavy atom. The van der Waals surface area contributed by atoms with Crippen molar-refractivity contribution >= 4 is 10.8 Å². The number of methoxy groups -OCH3 is 1. The molecule has 0 aliphatic heterocycles. The van der Waals surface area contributed by atoms with E-state index in [1.54, 1.807) is 12.1 Å². The summed E-state index contributed by atoms with van der Waals surface area (Å²) in [5.74, 6) is -1.58. The van der Waals surface area contributed by atoms with Crippen molar-refractivity contribution in [2.75, 3.05) is 7.11 Å². The van der Waals surface area contributed by atoms with Gasteiger partial charge < -0.3 is 4.74 Å². The Morgan fingerprint density at radius 1 is 0.931 bits per heavy atom. The van der Waals surface area contributed by atoms with Gasteiger partial charge in [-0.05, 0) is 66.2 Å². The molecule has 0 aromatic heterocycles. The lowest BCUT2D eigenvalue weighted by molar-refractivity contribution is 0.360. The predicted octanol–water partition coefficient (Wildman–Crippen LogP) is 7.39. The number of hydrogen-bond donors (Lipinski definition) is 0. The van der Waals surface area contributed by atoms with Gasteiger partial charge in [0, 0.05) is 10.9 Å². The highest BCUT2D eigenvalue weighted by Crippen LogP contribution is 2.38. The Morgan fingerprint density at radius 3 is 2.24 bits per heavy atom. The van der Waals surface area contributed by atoms with Crippen LogP contribution < -0.4 is 4.74 Å². The Labute approximate surface area is 168 Å². The molecule has 0 atom stereocenters. The van der Waals surface area contributed by atoms with Crippen LogP contribution in [0.5, 0.6) is 5.75 Å². The van der Waals surface area contributed by atoms with Gasteiger partial charge in [-0.2, -0.15) is 0 Å². The second kappa shape index (κ2) is 7.94. The molecule has 0 radical (unpaired) electrons. The fraction of sp³-hybridized carbons (Fsp3) is 0.280. The molecule has 3 aromatic rings. The number of benzene rings is 3. The Balaban J connectivity index is 1.69. The van der Waals surface area contributed by atoms with Crippen LogP contribution in [0.4, 0.5) is 13.2 Å². The van der Waals surface area contributed by atoms with Crippen LogP contribution in [0.15, 0.2) is 55.1 Å². The maximum Gasteiger partial charge on any atom is 0.190 e. The molecule has 0 saturated heterocycles. The van der Waals surface area contributed by atoms with Crippen LogP contribution in [-0.4, -0.2) is 7.11 Å². The van der Waals surface area contributed by atoms with E-state index in [0.29, 0.717) is 17.2 Å². The normalized spacial score (nSPS) is 19.3. The highest BCUT2D eigenvalue weighted by Gasteiger charge is 2.21. The molecule has 4 heteroatoms. The third kappa shape index (κ3) is 3.64. The molecular formula is C25H23F3O. The van der Waals surface area contributed by atoms with E-state index in [1.165, 1.54) is 12.7 Å². The summed E-state index contributed by atoms with van der Waals surface area (Å²) < 4.78 is 48.0. The molecule has 1 nitrogen and oxygen atoms in total. The van der Waals surface area contributed by atoms with E-state index in [4.69, 9.17) is 4.74 Å². The first-order valence-electron chi connectivity index (χ1n) is 9.90. The molecule has 0 amide bonds. The van der Waals surface area contributed by atoms with Crippen molar-refractivity contribution in [2.45, 2.75) is 31.6 Å². The maximum absolute atomic E-state index is 15.2. The van der Waals surface area contributed by atoms with E-state index in [9.17, 15) is 8.78 Å². The van der Waals surface area contributed by atoms with Crippen molar-refractivity contribution in [1.29, 1.82) is 0 Å². The average Bonchev–Trinajstić information content (AvgIpc) is 2.73. The van der Waals surface area contributed by atoms with Crippen molar-refractivity contribution in [1.82, 2.24) is 0 Å². The summed E-state index contributed by atoms with van der Waals surface area (Å²) in [5.41, 5.74) is 1.53. The lowest BCUT2D eigenvalue weighted by Gasteiger charge is -2.27. The first-order valence-corrected chi connectivity index (χ1v) is 9.90. The van der Waals surface area contributed by atoms with Gasteiger partial charge in [-0.1, -0.05) is 36.4 Å². The quantitative estimate of drug-likeness (QED) is 0.418. The van der Waals surface area contributed by atoms with Crippen molar-refractivity contribution in [3.63, 3.8) is 0 Å². The Bertz CT molecular complexity index is 1040. The third-order valence-electron chi connectivity index (χ3n) is 6.07. The topological polar surface area (TPSA) is 9.23 Å². The van der Waals surface area contributed by atoms with Crippen molar-refractivity contribution in [2.24, 2.45) is 5.92 Å². The fourth-order valence-electron chi connectivity index (χ4n) is 4.39. The molecule has 0 spiro atoms. The zero-order chi connectivity index (χ0) is 20.5. The van der Waals surface area contributed by atoms with Gasteiger partial charge in [0.05, 0.1) is 7.11 Å². The van der Waals surface area contributed by atoms with Crippen LogP contribution in [0.3, 0.4) is 0 Å². The van der Waals surface area contributed by atoms with E-state index in [0.717, 1.165) is 43.2 Å². The first-order chi connectivity index (χ1) is 14.0. The summed E-state index contributed by atoms with van der Waals surface area (Å²) in [7, 11) is 1.19. The first kappa shape index (κ1) is 19.6. The van der Waals surface area contributed by atoms with Crippen LogP contribution >= 0.6 is 0 Å². The summed E-state index contributed by atoms with van der Waals surface area (Å²) in [4.78, 5) is 0. The number of halogens is 3. The van der Waals surface area contributed by atoms with Gasteiger partial charge in [0.1, 0.15) is 5.82 Å². The number of rotatable bonds is 4. The van der Waals surface area contributed by atoms with E-state index in [1.807, 2.05) is 24.3 Å². The summed E-state index contributed by atoms with van der Waals surface area (Å²) >= 11 is 0. The van der Waals surface area contributed by atoms with Crippen LogP contribution in [0.1, 0.15) is 37.2 Å². The average molecular weight is 396 g/mol. The molecule has 4 rings (SSSR count). The van der Waals surface area contributed by atoms with Crippen molar-refractivity contribution < 1.29 is 17.9 Å². The molecule has 0 unspecified atom stereocenters. The standard InChI is InChI=1S/C25H23F3O/c1-3-15-4-6-16(7-5-15)17-8-10-20-18(12-17)9-11-21(24(20)28)19-13-22(26)25(29-2)23(27)14-19/h3,8-16H,1,4-7H2,2H3/t15-,16-. The zero-order valence-corrected chi connectivity index (χ0v) is 16.4. The van der Waals surface area contributed by atoms with Gasteiger partial charge in [0.25, 0.3) is 0 Å². The van der Waals surface area contributed by atoms with Gasteiger partial charge in [-0.3, -0.25) is 0 Å². The summed E-state index contributed by atoms with van der Waals surface area (Å²) in [6, 6.07) is 11.4. The third-order valence-corrected chi connectivity index (χ3v) is 6.07. The summed E-state index contributed by atoms with van der Waals surface area (Å²) in [6.45, 7) is 3.89. The largest absolute Gasteiger partial charge is 0.491 e. The molecular weight excluding hydrogens is 373 g/mol. The van der Waals surface area contributed by atoms with Crippen LogP contribution in [0.2, 0.25) is 0 Å². The molecule has 3 aromatic carbocycles. The second-order valence-electron chi connectivity index (χ2n) is 7.73. The Hall–Kier alpha value is -2.75. The minimum absolute atomic E-state index is 0.145. The van der Waals surface area contributed by atoms with E-state index < -0.39 is 23.2 Å². The van der Waals surface area contributed by atoms with Crippen LogP contribution in [0.25, 0.3) is 21.9 Å². The number of hydrogen-bond acceptors (Lipinski definition) is 1. The maximum atomic E-state index is 15.2. The SMILES string of the molecule is C=C[C@H]1CC[C@H](c2ccc3c(F)c(-c4cc(F)c(OC)c(F)c4)ccc3c2)CC1. The van der Waals surface area contributed by atoms with Crippen LogP contribution in [0, 0.1) is 23.4 Å². The molecule has 1 aliphatic rings. The zero-order valence-electron chi connectivity index (χ0n) is 16.4. The summed E-state index contributed by atoms with van der Waals surface area (Å²) in [5, 5.41) is 1.24. The molecule has 0 bridgehead atoms. The molecule has 0 heterocycles. The molecule has 0 N–H and O–H groups in total. The second-order valence-corrected chi connectivity index (χ2v) is 7.73. The Kier molecular flexibility index (Phi) is 5.35. The van der Waals surface area contributed by atoms with E-state index in [-0.39, 0.29) is 11.1 Å². The van der Waals surface area contributed by atoms with Gasteiger partial charge in [-0.25, -0.2) is 13.2 Å². The fourth-order valence-corrected chi connectivity index (χ4v) is 4.39. The number of fused-ring (bicyclic) bond motifs is 1. The lowest BCUT2D eigenvalue weighted by Crippen LogP contribution is -2.11. The monoisotopic (exact) mass is 396 g/mol. The van der Waals surface area contributed by atoms with E-state index >= 15 is 4.39 Å². The summed E-state index contributed by atoms with van der Waals surface area (Å²) in [6.07, 6.45) is 6.51. The number of ether oxygens (including phenoxy) is 1. The number of allylic oxidation sites excluding steroid dienone is 1. The van der Waals surface area contributed by atoms with Crippen molar-refractivity contribution in [3.8, 4) is 16.9 Å². The van der Waals surface area contributed by atoms with Gasteiger partial charge >= 0.3 is 0 Å². The molecule has 1 aliphatic carbocycles. The highest BCUT2D eigenvalue weighted by molar-refractivity contribution is 5.89. The minimum atomic E-state index is -0.854. The smallest absolute Gasteiger partial charge is 0.190 e. The van der Waals surface area contributed by atoms with Crippen molar-refractivity contribution in [3.05, 3.63) is 78.1 Å². The molecule has 1 saturated carbocycles. The van der Waals surface area contributed by atoms with Gasteiger partial charge in [-0.15, -0.1) is 6.58 Å². The van der Waals surface area contributed by atoms with Gasteiger partial charge in [0.2, 0.25) is 0 Å². The molecule has 1 fully saturated rings. The van der Waals surface area contributed by atoms with Crippen LogP contribution in [-0.2, 0) is 0 Å². The minimum Gasteiger partial charge on any atom is -0.491 e. The predicted molar refractivity (Wildman–Crippen MR) is 111 cm³/mol. The highest BCUT2D eigenvalue weighted by atomic mass is 19.1. The molecule has 150 valence electrons.